The fourth-order valence-electron chi connectivity index (χ4n) is 0. The molecule has 0 fully saturated rings. The van der Waals surface area contributed by atoms with Gasteiger partial charge >= 0.3 is 72.6 Å². The summed E-state index contributed by atoms with van der Waals surface area (Å²) in [6.07, 6.45) is 0. The Labute approximate surface area is 99.2 Å². The zero-order chi connectivity index (χ0) is 0. The predicted molar refractivity (Wildman–Crippen MR) is 14.9 cm³/mol. The van der Waals surface area contributed by atoms with Crippen molar-refractivity contribution in [2.24, 2.45) is 0 Å². The van der Waals surface area contributed by atoms with Crippen molar-refractivity contribution in [1.29, 1.82) is 0 Å². The SMILES string of the molecule is [Ga+3].[Ga+3].[Ni+2].[Ni+2].[O-2].[O-2].[O-2].[O-2].[O-2]. The van der Waals surface area contributed by atoms with E-state index in [0.29, 0.717) is 0 Å². The molecule has 0 saturated carbocycles. The molecule has 0 radical (unpaired) electrons. The molecule has 0 aliphatic heterocycles. The molecule has 0 rings (SSSR count). The summed E-state index contributed by atoms with van der Waals surface area (Å²) in [5, 5.41) is 0. The van der Waals surface area contributed by atoms with Gasteiger partial charge in [-0.3, -0.25) is 0 Å². The molecule has 0 atom stereocenters. The molecule has 0 aromatic carbocycles. The quantitative estimate of drug-likeness (QED) is 0.481. The van der Waals surface area contributed by atoms with Crippen LogP contribution in [0.2, 0.25) is 0 Å². The van der Waals surface area contributed by atoms with Crippen LogP contribution in [0.4, 0.5) is 0 Å². The van der Waals surface area contributed by atoms with Gasteiger partial charge in [0.15, 0.2) is 0 Å². The summed E-state index contributed by atoms with van der Waals surface area (Å²) in [5.41, 5.74) is 0. The van der Waals surface area contributed by atoms with E-state index in [1.807, 2.05) is 0 Å². The van der Waals surface area contributed by atoms with E-state index < -0.39 is 0 Å². The Morgan fingerprint density at radius 1 is 0.333 bits per heavy atom. The van der Waals surface area contributed by atoms with E-state index >= 15 is 0 Å². The molecular formula is Ga2Ni2O5. The van der Waals surface area contributed by atoms with E-state index in [2.05, 4.69) is 0 Å². The summed E-state index contributed by atoms with van der Waals surface area (Å²) in [7, 11) is 0. The second-order valence-electron chi connectivity index (χ2n) is 0. The maximum Gasteiger partial charge on any atom is 3.00 e. The average Bonchev–Trinajstić information content (AvgIpc) is 0. The normalized spacial score (nSPS) is 0. The molecule has 0 aromatic heterocycles. The molecule has 9 heavy (non-hydrogen) atoms. The molecule has 0 unspecified atom stereocenters. The second kappa shape index (κ2) is 195. The van der Waals surface area contributed by atoms with E-state index in [0.717, 1.165) is 0 Å². The van der Waals surface area contributed by atoms with Crippen molar-refractivity contribution in [2.75, 3.05) is 0 Å². The van der Waals surface area contributed by atoms with E-state index in [9.17, 15) is 0 Å². The molecule has 9 heteroatoms. The second-order valence-corrected chi connectivity index (χ2v) is 0. The van der Waals surface area contributed by atoms with E-state index in [-0.39, 0.29) is 99.9 Å². The summed E-state index contributed by atoms with van der Waals surface area (Å²) in [6, 6.07) is 0. The van der Waals surface area contributed by atoms with Gasteiger partial charge in [-0.2, -0.15) is 0 Å². The minimum Gasteiger partial charge on any atom is -2.00 e. The van der Waals surface area contributed by atoms with Crippen molar-refractivity contribution in [1.82, 2.24) is 0 Å². The zero-order valence-corrected chi connectivity index (χ0v) is 10.6. The Morgan fingerprint density at radius 2 is 0.333 bits per heavy atom. The molecule has 0 amide bonds. The standard InChI is InChI=1S/2Ga.2Ni.5O/q2*+3;2*+2;5*-2. The summed E-state index contributed by atoms with van der Waals surface area (Å²) < 4.78 is 0. The largest absolute Gasteiger partial charge is 3.00 e. The fourth-order valence-corrected chi connectivity index (χ4v) is 0. The van der Waals surface area contributed by atoms with Crippen LogP contribution in [-0.2, 0) is 60.4 Å². The topological polar surface area (TPSA) is 142 Å². The van der Waals surface area contributed by atoms with Crippen LogP contribution in [0.5, 0.6) is 0 Å². The Bertz CT molecular complexity index is 12.9. The van der Waals surface area contributed by atoms with Crippen molar-refractivity contribution >= 4 is 39.6 Å². The number of rotatable bonds is 0. The summed E-state index contributed by atoms with van der Waals surface area (Å²) in [4.78, 5) is 0. The Balaban J connectivity index is 0. The summed E-state index contributed by atoms with van der Waals surface area (Å²) in [5.74, 6) is 0. The van der Waals surface area contributed by atoms with Gasteiger partial charge in [0.2, 0.25) is 0 Å². The van der Waals surface area contributed by atoms with Gasteiger partial charge in [0.25, 0.3) is 0 Å². The van der Waals surface area contributed by atoms with Crippen molar-refractivity contribution in [2.45, 2.75) is 0 Å². The molecule has 0 aromatic rings. The van der Waals surface area contributed by atoms with Gasteiger partial charge in [0, 0.05) is 0 Å². The molecule has 0 bridgehead atoms. The van der Waals surface area contributed by atoms with Crippen LogP contribution in [0.25, 0.3) is 0 Å². The van der Waals surface area contributed by atoms with Gasteiger partial charge in [0.1, 0.15) is 0 Å². The molecule has 0 N–H and O–H groups in total. The van der Waals surface area contributed by atoms with Crippen molar-refractivity contribution in [3.8, 4) is 0 Å². The first-order chi connectivity index (χ1) is 0. The smallest absolute Gasteiger partial charge is 2.00 e. The zero-order valence-electron chi connectivity index (χ0n) is 3.83. The molecule has 0 aliphatic carbocycles. The van der Waals surface area contributed by atoms with Gasteiger partial charge < -0.3 is 27.4 Å². The molecule has 0 aliphatic rings. The summed E-state index contributed by atoms with van der Waals surface area (Å²) >= 11 is 0. The van der Waals surface area contributed by atoms with E-state index in [1.165, 1.54) is 0 Å². The minimum atomic E-state index is 0. The van der Waals surface area contributed by atoms with Crippen LogP contribution in [0.3, 0.4) is 0 Å². The minimum absolute atomic E-state index is 0. The van der Waals surface area contributed by atoms with Gasteiger partial charge in [-0.15, -0.1) is 0 Å². The first kappa shape index (κ1) is 264. The fraction of sp³-hybridized carbons (Fsp3) is 0. The van der Waals surface area contributed by atoms with Crippen molar-refractivity contribution in [3.63, 3.8) is 0 Å². The van der Waals surface area contributed by atoms with Crippen LogP contribution in [0, 0.1) is 0 Å². The number of hydrogen-bond donors (Lipinski definition) is 0. The Kier molecular flexibility index (Phi) is 5700. The monoisotopic (exact) mass is 334 g/mol. The Morgan fingerprint density at radius 3 is 0.333 bits per heavy atom. The van der Waals surface area contributed by atoms with Crippen LogP contribution in [-0.4, -0.2) is 39.6 Å². The van der Waals surface area contributed by atoms with Gasteiger partial charge in [-0.1, -0.05) is 0 Å². The van der Waals surface area contributed by atoms with Crippen LogP contribution < -0.4 is 0 Å². The maximum absolute atomic E-state index is 0. The van der Waals surface area contributed by atoms with Crippen molar-refractivity contribution < 1.29 is 60.4 Å². The predicted octanol–water partition coefficient (Wildman–Crippen LogP) is -1.36. The molecule has 5 nitrogen and oxygen atoms in total. The van der Waals surface area contributed by atoms with Crippen LogP contribution in [0.15, 0.2) is 0 Å². The molecular weight excluding hydrogens is 337 g/mol. The van der Waals surface area contributed by atoms with E-state index in [4.69, 9.17) is 0 Å². The number of hydrogen-bond acceptors (Lipinski definition) is 0. The van der Waals surface area contributed by atoms with E-state index in [1.54, 1.807) is 0 Å². The van der Waals surface area contributed by atoms with Gasteiger partial charge in [-0.05, 0) is 0 Å². The molecule has 0 saturated heterocycles. The first-order valence-electron chi connectivity index (χ1n) is 0. The van der Waals surface area contributed by atoms with Gasteiger partial charge in [0.05, 0.1) is 0 Å². The molecule has 56 valence electrons. The Hall–Kier alpha value is 2.06. The summed E-state index contributed by atoms with van der Waals surface area (Å²) in [6.45, 7) is 0. The molecule has 0 heterocycles. The average molecular weight is 337 g/mol. The third-order valence-electron chi connectivity index (χ3n) is 0. The maximum atomic E-state index is 0. The third kappa shape index (κ3) is 154. The van der Waals surface area contributed by atoms with Crippen LogP contribution >= 0.6 is 0 Å². The molecule has 0 spiro atoms. The third-order valence-corrected chi connectivity index (χ3v) is 0. The van der Waals surface area contributed by atoms with Gasteiger partial charge in [-0.25, -0.2) is 0 Å². The van der Waals surface area contributed by atoms with Crippen LogP contribution in [0.1, 0.15) is 0 Å². The van der Waals surface area contributed by atoms with Crippen molar-refractivity contribution in [3.05, 3.63) is 0 Å². The first-order valence-corrected chi connectivity index (χ1v) is 0.